The highest BCUT2D eigenvalue weighted by Gasteiger charge is 2.43. The van der Waals surface area contributed by atoms with Gasteiger partial charge in [-0.2, -0.15) is 10.1 Å². The average molecular weight is 571 g/mol. The van der Waals surface area contributed by atoms with Gasteiger partial charge in [-0.1, -0.05) is 6.07 Å². The fourth-order valence-corrected chi connectivity index (χ4v) is 6.55. The zero-order chi connectivity index (χ0) is 28.6. The van der Waals surface area contributed by atoms with Crippen LogP contribution in [0.3, 0.4) is 0 Å². The van der Waals surface area contributed by atoms with Gasteiger partial charge in [0.2, 0.25) is 11.9 Å². The van der Waals surface area contributed by atoms with Gasteiger partial charge in [-0.15, -0.1) is 5.10 Å². The largest absolute Gasteiger partial charge is 0.373 e. The summed E-state index contributed by atoms with van der Waals surface area (Å²) in [6.45, 7) is 8.03. The molecule has 3 fully saturated rings. The number of amides is 1. The first-order valence-corrected chi connectivity index (χ1v) is 14.9. The molecular weight excluding hydrogens is 532 g/mol. The van der Waals surface area contributed by atoms with E-state index in [-0.39, 0.29) is 18.6 Å². The van der Waals surface area contributed by atoms with Crippen LogP contribution in [0, 0.1) is 18.8 Å². The van der Waals surface area contributed by atoms with Crippen molar-refractivity contribution in [3.8, 4) is 0 Å². The summed E-state index contributed by atoms with van der Waals surface area (Å²) < 4.78 is 9.95. The first kappa shape index (κ1) is 26.8. The molecule has 1 saturated carbocycles. The van der Waals surface area contributed by atoms with Crippen molar-refractivity contribution < 1.29 is 9.53 Å². The number of piperazine rings is 1. The van der Waals surface area contributed by atoms with Crippen molar-refractivity contribution in [3.63, 3.8) is 0 Å². The number of aryl methyl sites for hydroxylation is 1. The summed E-state index contributed by atoms with van der Waals surface area (Å²) in [7, 11) is 2.08. The molecule has 2 aliphatic heterocycles. The third kappa shape index (κ3) is 5.56. The van der Waals surface area contributed by atoms with E-state index >= 15 is 0 Å². The number of fused-ring (bicyclic) bond motifs is 3. The van der Waals surface area contributed by atoms with E-state index in [1.54, 1.807) is 10.9 Å². The number of carbonyl (C=O) groups is 1. The van der Waals surface area contributed by atoms with Crippen molar-refractivity contribution in [1.82, 2.24) is 39.2 Å². The van der Waals surface area contributed by atoms with Crippen molar-refractivity contribution in [2.24, 2.45) is 11.8 Å². The molecule has 4 aromatic rings. The van der Waals surface area contributed by atoms with Gasteiger partial charge in [-0.25, -0.2) is 4.52 Å². The van der Waals surface area contributed by atoms with Crippen LogP contribution in [0.25, 0.3) is 5.65 Å². The molecule has 3 atom stereocenters. The number of hydrogen-bond donors (Lipinski definition) is 1. The number of ether oxygens (including phenoxy) is 1. The van der Waals surface area contributed by atoms with Gasteiger partial charge in [-0.05, 0) is 50.6 Å². The summed E-state index contributed by atoms with van der Waals surface area (Å²) in [6, 6.07) is 8.31. The Hall–Kier alpha value is -4.03. The Labute approximate surface area is 245 Å². The van der Waals surface area contributed by atoms with Crippen LogP contribution in [0.4, 0.5) is 17.3 Å². The molecule has 7 rings (SSSR count). The second-order valence-corrected chi connectivity index (χ2v) is 11.9. The maximum atomic E-state index is 12.7. The molecule has 0 radical (unpaired) electrons. The summed E-state index contributed by atoms with van der Waals surface area (Å²) in [6.07, 6.45) is 10.0. The molecule has 2 saturated heterocycles. The van der Waals surface area contributed by atoms with Gasteiger partial charge >= 0.3 is 0 Å². The van der Waals surface area contributed by atoms with E-state index in [0.29, 0.717) is 24.4 Å². The lowest BCUT2D eigenvalue weighted by atomic mass is 9.94. The molecule has 6 heterocycles. The zero-order valence-electron chi connectivity index (χ0n) is 24.3. The molecule has 1 amide bonds. The van der Waals surface area contributed by atoms with Gasteiger partial charge in [0.25, 0.3) is 0 Å². The Balaban J connectivity index is 0.996. The SMILES string of the molecule is Cc1ccc(COC2[C@@H]3CC[C@H]2CN(c2cccn4nc(Nc5cnn(CC(=O)N6CCN(C)CC6)c5)nc24)C3)cn1. The topological polar surface area (TPSA) is 109 Å². The fraction of sp³-hybridized carbons (Fsp3) is 0.500. The Kier molecular flexibility index (Phi) is 7.24. The summed E-state index contributed by atoms with van der Waals surface area (Å²) in [5.41, 5.74) is 4.81. The van der Waals surface area contributed by atoms with Gasteiger partial charge in [-0.3, -0.25) is 14.5 Å². The molecule has 3 aliphatic rings. The lowest BCUT2D eigenvalue weighted by Gasteiger charge is -2.39. The quantitative estimate of drug-likeness (QED) is 0.342. The molecule has 0 spiro atoms. The predicted molar refractivity (Wildman–Crippen MR) is 159 cm³/mol. The lowest BCUT2D eigenvalue weighted by Crippen LogP contribution is -2.48. The monoisotopic (exact) mass is 570 g/mol. The highest BCUT2D eigenvalue weighted by molar-refractivity contribution is 5.76. The number of pyridine rings is 2. The van der Waals surface area contributed by atoms with Crippen LogP contribution in [-0.2, 0) is 22.7 Å². The number of nitrogens with zero attached hydrogens (tertiary/aromatic N) is 9. The lowest BCUT2D eigenvalue weighted by molar-refractivity contribution is -0.133. The molecule has 12 nitrogen and oxygen atoms in total. The number of piperidine rings is 1. The number of anilines is 3. The second-order valence-electron chi connectivity index (χ2n) is 11.9. The molecule has 1 aliphatic carbocycles. The Morgan fingerprint density at radius 2 is 1.88 bits per heavy atom. The van der Waals surface area contributed by atoms with Crippen LogP contribution in [0.1, 0.15) is 24.1 Å². The number of nitrogens with one attached hydrogen (secondary N) is 1. The minimum atomic E-state index is 0.0866. The predicted octanol–water partition coefficient (Wildman–Crippen LogP) is 2.58. The Morgan fingerprint density at radius 3 is 2.64 bits per heavy atom. The molecule has 0 aromatic carbocycles. The van der Waals surface area contributed by atoms with E-state index in [9.17, 15) is 4.79 Å². The Morgan fingerprint density at radius 1 is 1.07 bits per heavy atom. The molecule has 1 N–H and O–H groups in total. The summed E-state index contributed by atoms with van der Waals surface area (Å²) in [5, 5.41) is 12.3. The zero-order valence-corrected chi connectivity index (χ0v) is 24.3. The fourth-order valence-electron chi connectivity index (χ4n) is 6.55. The van der Waals surface area contributed by atoms with Crippen molar-refractivity contribution >= 4 is 28.9 Å². The van der Waals surface area contributed by atoms with Crippen molar-refractivity contribution in [2.45, 2.75) is 39.0 Å². The van der Waals surface area contributed by atoms with Crippen LogP contribution in [0.2, 0.25) is 0 Å². The number of hydrogen-bond acceptors (Lipinski definition) is 9. The molecule has 4 aromatic heterocycles. The molecule has 1 unspecified atom stereocenters. The van der Waals surface area contributed by atoms with Crippen LogP contribution in [0.15, 0.2) is 49.1 Å². The van der Waals surface area contributed by atoms with Gasteiger partial charge in [0.15, 0.2) is 5.65 Å². The first-order valence-electron chi connectivity index (χ1n) is 14.9. The van der Waals surface area contributed by atoms with E-state index in [1.807, 2.05) is 47.1 Å². The summed E-state index contributed by atoms with van der Waals surface area (Å²) in [5.74, 6) is 1.56. The van der Waals surface area contributed by atoms with Crippen LogP contribution in [-0.4, -0.2) is 97.5 Å². The second kappa shape index (κ2) is 11.3. The van der Waals surface area contributed by atoms with E-state index in [1.165, 1.54) is 12.8 Å². The minimum absolute atomic E-state index is 0.0866. The van der Waals surface area contributed by atoms with Gasteiger partial charge in [0, 0.05) is 75.4 Å². The molecule has 220 valence electrons. The average Bonchev–Trinajstić information content (AvgIpc) is 3.67. The van der Waals surface area contributed by atoms with Gasteiger partial charge in [0.05, 0.1) is 30.3 Å². The molecule has 2 bridgehead atoms. The third-order valence-corrected chi connectivity index (χ3v) is 8.89. The minimum Gasteiger partial charge on any atom is -0.373 e. The van der Waals surface area contributed by atoms with Crippen LogP contribution >= 0.6 is 0 Å². The maximum absolute atomic E-state index is 12.7. The van der Waals surface area contributed by atoms with Crippen LogP contribution in [0.5, 0.6) is 0 Å². The summed E-state index contributed by atoms with van der Waals surface area (Å²) >= 11 is 0. The van der Waals surface area contributed by atoms with E-state index in [4.69, 9.17) is 9.72 Å². The van der Waals surface area contributed by atoms with Gasteiger partial charge < -0.3 is 24.8 Å². The number of likely N-dealkylation sites (N-methyl/N-ethyl adjacent to an activating group) is 1. The standard InChI is InChI=1S/C30H38N10O2/c1-21-5-6-22(14-31-21)20-42-28-23-7-8-24(28)17-38(16-23)26-4-3-9-40-29(26)34-30(35-40)33-25-15-32-39(18-25)19-27(41)37-12-10-36(2)11-13-37/h3-6,9,14-15,18,23-24,28H,7-8,10-13,16-17,19-20H2,1-2H3,(H,33,35)/t23-,24+,28?. The number of rotatable bonds is 8. The molecular formula is C30H38N10O2. The molecule has 42 heavy (non-hydrogen) atoms. The van der Waals surface area contributed by atoms with E-state index < -0.39 is 0 Å². The van der Waals surface area contributed by atoms with Crippen molar-refractivity contribution in [2.75, 3.05) is 56.5 Å². The highest BCUT2D eigenvalue weighted by atomic mass is 16.5. The maximum Gasteiger partial charge on any atom is 0.247 e. The van der Waals surface area contributed by atoms with Crippen LogP contribution < -0.4 is 10.2 Å². The van der Waals surface area contributed by atoms with Crippen molar-refractivity contribution in [1.29, 1.82) is 0 Å². The summed E-state index contributed by atoms with van der Waals surface area (Å²) in [4.78, 5) is 28.6. The van der Waals surface area contributed by atoms with Crippen molar-refractivity contribution in [3.05, 3.63) is 60.3 Å². The number of aromatic nitrogens is 6. The highest BCUT2D eigenvalue weighted by Crippen LogP contribution is 2.41. The van der Waals surface area contributed by atoms with Gasteiger partial charge in [0.1, 0.15) is 6.54 Å². The normalized spacial score (nSPS) is 22.7. The van der Waals surface area contributed by atoms with E-state index in [0.717, 1.165) is 67.5 Å². The first-order chi connectivity index (χ1) is 20.5. The number of carbonyl (C=O) groups excluding carboxylic acids is 1. The Bertz CT molecular complexity index is 1530. The third-order valence-electron chi connectivity index (χ3n) is 8.89. The van der Waals surface area contributed by atoms with E-state index in [2.05, 4.69) is 49.5 Å². The molecule has 12 heteroatoms. The smallest absolute Gasteiger partial charge is 0.247 e.